The molecule has 3 heterocycles. The molecule has 0 unspecified atom stereocenters. The van der Waals surface area contributed by atoms with E-state index in [0.717, 1.165) is 23.2 Å². The van der Waals surface area contributed by atoms with Gasteiger partial charge in [0.05, 0.1) is 5.41 Å². The van der Waals surface area contributed by atoms with Gasteiger partial charge in [-0.15, -0.1) is 10.2 Å². The molecule has 0 aromatic heterocycles. The summed E-state index contributed by atoms with van der Waals surface area (Å²) in [6, 6.07) is 20.5. The topological polar surface area (TPSA) is 72.1 Å². The van der Waals surface area contributed by atoms with E-state index in [2.05, 4.69) is 45.4 Å². The van der Waals surface area contributed by atoms with E-state index in [4.69, 9.17) is 0 Å². The number of hydrogen-bond acceptors (Lipinski definition) is 5. The van der Waals surface area contributed by atoms with Gasteiger partial charge < -0.3 is 4.90 Å². The van der Waals surface area contributed by atoms with Crippen molar-refractivity contribution in [3.8, 4) is 6.07 Å². The molecule has 5 rings (SSSR count). The number of para-hydroxylation sites is 1. The Morgan fingerprint density at radius 3 is 2.68 bits per heavy atom. The fourth-order valence-electron chi connectivity index (χ4n) is 4.94. The van der Waals surface area contributed by atoms with E-state index in [1.54, 1.807) is 11.8 Å². The summed E-state index contributed by atoms with van der Waals surface area (Å²) < 4.78 is 0. The second-order valence-electron chi connectivity index (χ2n) is 7.45. The van der Waals surface area contributed by atoms with Crippen LogP contribution in [0.4, 0.5) is 5.69 Å². The van der Waals surface area contributed by atoms with Crippen LogP contribution in [0.15, 0.2) is 64.8 Å². The molecule has 2 aromatic carbocycles. The summed E-state index contributed by atoms with van der Waals surface area (Å²) in [5, 5.41) is 18.5. The molecule has 28 heavy (non-hydrogen) atoms. The largest absolute Gasteiger partial charge is 0.356 e. The highest BCUT2D eigenvalue weighted by atomic mass is 16.2. The predicted molar refractivity (Wildman–Crippen MR) is 107 cm³/mol. The van der Waals surface area contributed by atoms with Crippen molar-refractivity contribution in [1.82, 2.24) is 4.90 Å². The standard InChI is InChI=1S/C22H19N5O/c1-15(28)26-12-11-22-17-9-5-6-10-19(17)27(14-16-7-3-2-4-8-16)20(22)18(13-23)24-25-21(22)26/h2-10,20H,11-12,14H2,1H3/t20-,22-/m0/s1. The smallest absolute Gasteiger partial charge is 0.224 e. The summed E-state index contributed by atoms with van der Waals surface area (Å²) in [4.78, 5) is 16.2. The van der Waals surface area contributed by atoms with E-state index in [1.165, 1.54) is 0 Å². The number of nitriles is 1. The van der Waals surface area contributed by atoms with E-state index < -0.39 is 5.41 Å². The van der Waals surface area contributed by atoms with E-state index in [9.17, 15) is 10.1 Å². The van der Waals surface area contributed by atoms with Gasteiger partial charge in [-0.3, -0.25) is 9.69 Å². The Balaban J connectivity index is 1.71. The van der Waals surface area contributed by atoms with Crippen LogP contribution >= 0.6 is 0 Å². The minimum Gasteiger partial charge on any atom is -0.356 e. The Hall–Kier alpha value is -3.46. The lowest BCUT2D eigenvalue weighted by atomic mass is 9.72. The average Bonchev–Trinajstić information content (AvgIpc) is 3.25. The molecule has 3 aliphatic rings. The number of carbonyl (C=O) groups is 1. The zero-order chi connectivity index (χ0) is 19.3. The van der Waals surface area contributed by atoms with Crippen LogP contribution in [0.25, 0.3) is 0 Å². The van der Waals surface area contributed by atoms with Gasteiger partial charge in [-0.1, -0.05) is 48.5 Å². The number of likely N-dealkylation sites (tertiary alicyclic amines) is 1. The first-order valence-corrected chi connectivity index (χ1v) is 9.41. The Kier molecular flexibility index (Phi) is 3.59. The lowest BCUT2D eigenvalue weighted by Gasteiger charge is -2.37. The van der Waals surface area contributed by atoms with Crippen molar-refractivity contribution in [3.05, 3.63) is 65.7 Å². The van der Waals surface area contributed by atoms with Gasteiger partial charge in [0.2, 0.25) is 5.91 Å². The summed E-state index contributed by atoms with van der Waals surface area (Å²) in [5.41, 5.74) is 3.27. The predicted octanol–water partition coefficient (Wildman–Crippen LogP) is 2.86. The van der Waals surface area contributed by atoms with Gasteiger partial charge >= 0.3 is 0 Å². The number of hydrogen-bond donors (Lipinski definition) is 0. The molecule has 0 saturated carbocycles. The van der Waals surface area contributed by atoms with Crippen molar-refractivity contribution >= 4 is 23.1 Å². The van der Waals surface area contributed by atoms with Crippen LogP contribution in [0.2, 0.25) is 0 Å². The summed E-state index contributed by atoms with van der Waals surface area (Å²) in [6.45, 7) is 2.81. The number of amidine groups is 1. The molecule has 6 nitrogen and oxygen atoms in total. The quantitative estimate of drug-likeness (QED) is 0.817. The maximum atomic E-state index is 12.2. The molecule has 6 heteroatoms. The van der Waals surface area contributed by atoms with Crippen LogP contribution in [-0.4, -0.2) is 34.9 Å². The minimum absolute atomic E-state index is 0.0380. The van der Waals surface area contributed by atoms with Gasteiger partial charge in [0.1, 0.15) is 17.9 Å². The minimum atomic E-state index is -0.510. The molecule has 0 aliphatic carbocycles. The van der Waals surface area contributed by atoms with Crippen molar-refractivity contribution in [1.29, 1.82) is 5.26 Å². The molecule has 2 aromatic rings. The molecular formula is C22H19N5O. The van der Waals surface area contributed by atoms with Crippen molar-refractivity contribution < 1.29 is 4.79 Å². The molecule has 0 radical (unpaired) electrons. The third-order valence-corrected chi connectivity index (χ3v) is 6.06. The first kappa shape index (κ1) is 16.7. The maximum absolute atomic E-state index is 12.2. The Labute approximate surface area is 163 Å². The summed E-state index contributed by atoms with van der Waals surface area (Å²) in [7, 11) is 0. The molecule has 1 amide bonds. The van der Waals surface area contributed by atoms with E-state index in [-0.39, 0.29) is 11.9 Å². The number of fused-ring (bicyclic) bond motifs is 1. The van der Waals surface area contributed by atoms with Gasteiger partial charge in [-0.2, -0.15) is 5.26 Å². The summed E-state index contributed by atoms with van der Waals surface area (Å²) in [5.74, 6) is 0.635. The zero-order valence-corrected chi connectivity index (χ0v) is 15.5. The molecular weight excluding hydrogens is 350 g/mol. The fraction of sp³-hybridized carbons (Fsp3) is 0.273. The molecule has 3 aliphatic heterocycles. The number of rotatable bonds is 2. The van der Waals surface area contributed by atoms with Crippen LogP contribution in [-0.2, 0) is 16.8 Å². The first-order chi connectivity index (χ1) is 13.7. The number of benzene rings is 2. The van der Waals surface area contributed by atoms with Crippen molar-refractivity contribution in [3.63, 3.8) is 0 Å². The Morgan fingerprint density at radius 2 is 1.93 bits per heavy atom. The lowest BCUT2D eigenvalue weighted by Crippen LogP contribution is -2.55. The summed E-state index contributed by atoms with van der Waals surface area (Å²) >= 11 is 0. The molecule has 138 valence electrons. The molecule has 1 saturated heterocycles. The molecule has 1 fully saturated rings. The number of nitrogens with zero attached hydrogens (tertiary/aromatic N) is 5. The second-order valence-corrected chi connectivity index (χ2v) is 7.45. The highest BCUT2D eigenvalue weighted by Gasteiger charge is 2.62. The number of carbonyl (C=O) groups excluding carboxylic acids is 1. The fourth-order valence-corrected chi connectivity index (χ4v) is 4.94. The maximum Gasteiger partial charge on any atom is 0.224 e. The van der Waals surface area contributed by atoms with Crippen LogP contribution in [0, 0.1) is 11.3 Å². The van der Waals surface area contributed by atoms with Gasteiger partial charge in [0.15, 0.2) is 5.71 Å². The third-order valence-electron chi connectivity index (χ3n) is 6.06. The molecule has 0 N–H and O–H groups in total. The normalized spacial score (nSPS) is 24.6. The first-order valence-electron chi connectivity index (χ1n) is 9.41. The van der Waals surface area contributed by atoms with Crippen molar-refractivity contribution in [2.75, 3.05) is 11.4 Å². The van der Waals surface area contributed by atoms with Gasteiger partial charge in [-0.05, 0) is 23.6 Å². The zero-order valence-electron chi connectivity index (χ0n) is 15.5. The van der Waals surface area contributed by atoms with Crippen LogP contribution in [0.3, 0.4) is 0 Å². The average molecular weight is 369 g/mol. The van der Waals surface area contributed by atoms with Gasteiger partial charge in [0, 0.05) is 25.7 Å². The second kappa shape index (κ2) is 6.03. The van der Waals surface area contributed by atoms with Crippen LogP contribution in [0.1, 0.15) is 24.5 Å². The number of anilines is 1. The number of amides is 1. The highest BCUT2D eigenvalue weighted by molar-refractivity contribution is 6.18. The Morgan fingerprint density at radius 1 is 1.18 bits per heavy atom. The van der Waals surface area contributed by atoms with Crippen LogP contribution < -0.4 is 4.90 Å². The monoisotopic (exact) mass is 369 g/mol. The van der Waals surface area contributed by atoms with Gasteiger partial charge in [0.25, 0.3) is 0 Å². The highest BCUT2D eigenvalue weighted by Crippen LogP contribution is 2.53. The molecule has 2 atom stereocenters. The molecule has 1 spiro atoms. The lowest BCUT2D eigenvalue weighted by molar-refractivity contribution is -0.124. The van der Waals surface area contributed by atoms with E-state index in [0.29, 0.717) is 24.6 Å². The van der Waals surface area contributed by atoms with Crippen molar-refractivity contribution in [2.45, 2.75) is 31.3 Å². The van der Waals surface area contributed by atoms with Gasteiger partial charge in [-0.25, -0.2) is 0 Å². The molecule has 0 bridgehead atoms. The Bertz CT molecular complexity index is 1070. The van der Waals surface area contributed by atoms with E-state index >= 15 is 0 Å². The van der Waals surface area contributed by atoms with E-state index in [1.807, 2.05) is 30.3 Å². The third kappa shape index (κ3) is 2.10. The summed E-state index contributed by atoms with van der Waals surface area (Å²) in [6.07, 6.45) is 0.735. The van der Waals surface area contributed by atoms with Crippen LogP contribution in [0.5, 0.6) is 0 Å². The SMILES string of the molecule is CC(=O)N1CC[C@@]23C1=NN=C(C#N)[C@@H]2N(Cc1ccccc1)c1ccccc13. The van der Waals surface area contributed by atoms with Crippen molar-refractivity contribution in [2.24, 2.45) is 10.2 Å².